The van der Waals surface area contributed by atoms with E-state index in [1.165, 1.54) is 25.7 Å². The van der Waals surface area contributed by atoms with E-state index in [0.29, 0.717) is 30.3 Å². The van der Waals surface area contributed by atoms with Crippen LogP contribution < -0.4 is 11.1 Å². The van der Waals surface area contributed by atoms with Gasteiger partial charge in [0.2, 0.25) is 5.91 Å². The Labute approximate surface area is 121 Å². The van der Waals surface area contributed by atoms with Crippen molar-refractivity contribution in [3.05, 3.63) is 0 Å². The molecule has 0 radical (unpaired) electrons. The number of rotatable bonds is 3. The molecule has 0 aromatic rings. The standard InChI is InChI=1S/C16H28N2O2/c17-13-8-11-4-3-5-12(9-13)16(11)18-15(19)10-14-6-1-2-7-20-14/h11-14,16H,1-10,17H2,(H,18,19). The summed E-state index contributed by atoms with van der Waals surface area (Å²) in [5, 5.41) is 3.31. The Hall–Kier alpha value is -0.610. The highest BCUT2D eigenvalue weighted by atomic mass is 16.5. The molecule has 2 bridgehead atoms. The van der Waals surface area contributed by atoms with E-state index < -0.39 is 0 Å². The van der Waals surface area contributed by atoms with Gasteiger partial charge >= 0.3 is 0 Å². The predicted molar refractivity (Wildman–Crippen MR) is 78.2 cm³/mol. The minimum atomic E-state index is 0.148. The first-order chi connectivity index (χ1) is 9.72. The Morgan fingerprint density at radius 3 is 2.50 bits per heavy atom. The van der Waals surface area contributed by atoms with Gasteiger partial charge in [-0.2, -0.15) is 0 Å². The molecule has 3 unspecified atom stereocenters. The summed E-state index contributed by atoms with van der Waals surface area (Å²) in [7, 11) is 0. The van der Waals surface area contributed by atoms with Gasteiger partial charge in [0.15, 0.2) is 0 Å². The van der Waals surface area contributed by atoms with Crippen LogP contribution in [-0.4, -0.2) is 30.7 Å². The van der Waals surface area contributed by atoms with Gasteiger partial charge in [-0.3, -0.25) is 4.79 Å². The monoisotopic (exact) mass is 280 g/mol. The number of amides is 1. The number of hydrogen-bond donors (Lipinski definition) is 2. The summed E-state index contributed by atoms with van der Waals surface area (Å²) >= 11 is 0. The van der Waals surface area contributed by atoms with Crippen LogP contribution in [0.15, 0.2) is 0 Å². The molecular weight excluding hydrogens is 252 g/mol. The Morgan fingerprint density at radius 2 is 1.85 bits per heavy atom. The minimum absolute atomic E-state index is 0.148. The van der Waals surface area contributed by atoms with Crippen molar-refractivity contribution in [1.29, 1.82) is 0 Å². The second kappa shape index (κ2) is 6.44. The molecule has 1 saturated heterocycles. The van der Waals surface area contributed by atoms with Crippen molar-refractivity contribution in [1.82, 2.24) is 5.32 Å². The summed E-state index contributed by atoms with van der Waals surface area (Å²) in [5.41, 5.74) is 6.13. The van der Waals surface area contributed by atoms with Crippen molar-refractivity contribution < 1.29 is 9.53 Å². The fourth-order valence-electron chi connectivity index (χ4n) is 4.44. The summed E-state index contributed by atoms with van der Waals surface area (Å²) in [6.45, 7) is 0.821. The van der Waals surface area contributed by atoms with E-state index in [-0.39, 0.29) is 12.0 Å². The normalized spacial score (nSPS) is 41.1. The highest BCUT2D eigenvalue weighted by Crippen LogP contribution is 2.39. The first kappa shape index (κ1) is 14.3. The molecule has 4 heteroatoms. The maximum atomic E-state index is 12.3. The average Bonchev–Trinajstić information content (AvgIpc) is 2.41. The second-order valence-corrected chi connectivity index (χ2v) is 6.97. The van der Waals surface area contributed by atoms with Crippen LogP contribution in [-0.2, 0) is 9.53 Å². The topological polar surface area (TPSA) is 64.3 Å². The fourth-order valence-corrected chi connectivity index (χ4v) is 4.44. The SMILES string of the molecule is NC1CC2CCCC(C1)C2NC(=O)CC1CCCCO1. The molecular formula is C16H28N2O2. The lowest BCUT2D eigenvalue weighted by atomic mass is 9.67. The number of hydrogen-bond acceptors (Lipinski definition) is 3. The lowest BCUT2D eigenvalue weighted by molar-refractivity contribution is -0.127. The Bertz CT molecular complexity index is 327. The molecule has 1 aliphatic heterocycles. The lowest BCUT2D eigenvalue weighted by Crippen LogP contribution is -2.54. The van der Waals surface area contributed by atoms with Crippen LogP contribution in [0.5, 0.6) is 0 Å². The Balaban J connectivity index is 1.52. The van der Waals surface area contributed by atoms with Crippen LogP contribution in [0.1, 0.15) is 57.8 Å². The molecule has 0 aromatic heterocycles. The molecule has 114 valence electrons. The summed E-state index contributed by atoms with van der Waals surface area (Å²) in [4.78, 5) is 12.3. The third-order valence-electron chi connectivity index (χ3n) is 5.39. The van der Waals surface area contributed by atoms with Gasteiger partial charge in [-0.25, -0.2) is 0 Å². The van der Waals surface area contributed by atoms with Gasteiger partial charge in [0.25, 0.3) is 0 Å². The van der Waals surface area contributed by atoms with Gasteiger partial charge in [-0.15, -0.1) is 0 Å². The van der Waals surface area contributed by atoms with Crippen molar-refractivity contribution in [2.45, 2.75) is 76.0 Å². The van der Waals surface area contributed by atoms with E-state index in [1.54, 1.807) is 0 Å². The number of ether oxygens (including phenoxy) is 1. The van der Waals surface area contributed by atoms with Crippen molar-refractivity contribution in [2.24, 2.45) is 17.6 Å². The third-order valence-corrected chi connectivity index (χ3v) is 5.39. The largest absolute Gasteiger partial charge is 0.378 e. The summed E-state index contributed by atoms with van der Waals surface area (Å²) in [5.74, 6) is 1.40. The highest BCUT2D eigenvalue weighted by Gasteiger charge is 2.40. The van der Waals surface area contributed by atoms with Crippen molar-refractivity contribution >= 4 is 5.91 Å². The number of fused-ring (bicyclic) bond motifs is 2. The van der Waals surface area contributed by atoms with Crippen molar-refractivity contribution in [3.63, 3.8) is 0 Å². The van der Waals surface area contributed by atoms with Crippen LogP contribution in [0.2, 0.25) is 0 Å². The van der Waals surface area contributed by atoms with Crippen LogP contribution >= 0.6 is 0 Å². The maximum absolute atomic E-state index is 12.3. The number of carbonyl (C=O) groups is 1. The first-order valence-corrected chi connectivity index (χ1v) is 8.39. The Morgan fingerprint density at radius 1 is 1.10 bits per heavy atom. The van der Waals surface area contributed by atoms with Gasteiger partial charge in [-0.05, 0) is 56.8 Å². The molecule has 3 fully saturated rings. The molecule has 0 spiro atoms. The number of nitrogens with one attached hydrogen (secondary N) is 1. The molecule has 4 nitrogen and oxygen atoms in total. The summed E-state index contributed by atoms with van der Waals surface area (Å²) in [6.07, 6.45) is 10.0. The molecule has 2 saturated carbocycles. The molecule has 3 rings (SSSR count). The smallest absolute Gasteiger partial charge is 0.222 e. The zero-order valence-corrected chi connectivity index (χ0v) is 12.4. The first-order valence-electron chi connectivity index (χ1n) is 8.39. The third kappa shape index (κ3) is 3.34. The van der Waals surface area contributed by atoms with Crippen molar-refractivity contribution in [2.75, 3.05) is 6.61 Å². The molecule has 0 aromatic carbocycles. The van der Waals surface area contributed by atoms with E-state index in [2.05, 4.69) is 5.32 Å². The molecule has 3 atom stereocenters. The summed E-state index contributed by atoms with van der Waals surface area (Å²) < 4.78 is 5.67. The molecule has 3 N–H and O–H groups in total. The quantitative estimate of drug-likeness (QED) is 0.830. The highest BCUT2D eigenvalue weighted by molar-refractivity contribution is 5.76. The van der Waals surface area contributed by atoms with Gasteiger partial charge in [0, 0.05) is 18.7 Å². The van der Waals surface area contributed by atoms with Gasteiger partial charge in [0.1, 0.15) is 0 Å². The second-order valence-electron chi connectivity index (χ2n) is 6.97. The average molecular weight is 280 g/mol. The number of nitrogens with two attached hydrogens (primary N) is 1. The minimum Gasteiger partial charge on any atom is -0.378 e. The zero-order valence-electron chi connectivity index (χ0n) is 12.4. The predicted octanol–water partition coefficient (Wildman–Crippen LogP) is 1.97. The van der Waals surface area contributed by atoms with E-state index in [9.17, 15) is 4.79 Å². The summed E-state index contributed by atoms with van der Waals surface area (Å²) in [6, 6.07) is 0.722. The van der Waals surface area contributed by atoms with Crippen molar-refractivity contribution in [3.8, 4) is 0 Å². The zero-order chi connectivity index (χ0) is 13.9. The van der Waals surface area contributed by atoms with Gasteiger partial charge < -0.3 is 15.8 Å². The molecule has 1 heterocycles. The van der Waals surface area contributed by atoms with Crippen LogP contribution in [0.3, 0.4) is 0 Å². The molecule has 3 aliphatic rings. The van der Waals surface area contributed by atoms with E-state index in [4.69, 9.17) is 10.5 Å². The lowest BCUT2D eigenvalue weighted by Gasteiger charge is -2.45. The Kier molecular flexibility index (Phi) is 4.61. The van der Waals surface area contributed by atoms with E-state index >= 15 is 0 Å². The van der Waals surface area contributed by atoms with Crippen LogP contribution in [0.4, 0.5) is 0 Å². The molecule has 1 amide bonds. The van der Waals surface area contributed by atoms with Crippen LogP contribution in [0.25, 0.3) is 0 Å². The van der Waals surface area contributed by atoms with E-state index in [1.807, 2.05) is 0 Å². The number of carbonyl (C=O) groups excluding carboxylic acids is 1. The van der Waals surface area contributed by atoms with Crippen LogP contribution in [0, 0.1) is 11.8 Å². The fraction of sp³-hybridized carbons (Fsp3) is 0.938. The van der Waals surface area contributed by atoms with E-state index in [0.717, 1.165) is 32.3 Å². The molecule has 20 heavy (non-hydrogen) atoms. The maximum Gasteiger partial charge on any atom is 0.222 e. The molecule has 2 aliphatic carbocycles. The van der Waals surface area contributed by atoms with Gasteiger partial charge in [0.05, 0.1) is 12.5 Å². The van der Waals surface area contributed by atoms with Gasteiger partial charge in [-0.1, -0.05) is 6.42 Å².